The fourth-order valence-electron chi connectivity index (χ4n) is 2.53. The van der Waals surface area contributed by atoms with Crippen molar-refractivity contribution in [1.82, 2.24) is 5.32 Å². The quantitative estimate of drug-likeness (QED) is 0.896. The van der Waals surface area contributed by atoms with Gasteiger partial charge in [-0.1, -0.05) is 18.2 Å². The smallest absolute Gasteiger partial charge is 0.354 e. The van der Waals surface area contributed by atoms with Gasteiger partial charge in [-0.25, -0.2) is 0 Å². The summed E-state index contributed by atoms with van der Waals surface area (Å²) >= 11 is 0. The van der Waals surface area contributed by atoms with Crippen molar-refractivity contribution >= 4 is 5.91 Å². The summed E-state index contributed by atoms with van der Waals surface area (Å²) in [7, 11) is 0. The first kappa shape index (κ1) is 14.4. The maximum absolute atomic E-state index is 12.8. The molecule has 1 aromatic carbocycles. The number of rotatable bonds is 4. The Bertz CT molecular complexity index is 575. The van der Waals surface area contributed by atoms with Gasteiger partial charge in [-0.15, -0.1) is 0 Å². The van der Waals surface area contributed by atoms with Crippen LogP contribution in [0, 0.1) is 0 Å². The molecule has 0 spiro atoms. The number of carbonyl (C=O) groups excluding carboxylic acids is 1. The number of nitrogens with two attached hydrogens (primary N) is 1. The van der Waals surface area contributed by atoms with Gasteiger partial charge in [-0.05, 0) is 37.3 Å². The lowest BCUT2D eigenvalue weighted by Gasteiger charge is -2.19. The molecule has 2 saturated carbocycles. The van der Waals surface area contributed by atoms with Crippen LogP contribution in [0.25, 0.3) is 0 Å². The van der Waals surface area contributed by atoms with Crippen LogP contribution in [0.2, 0.25) is 0 Å². The van der Waals surface area contributed by atoms with Gasteiger partial charge >= 0.3 is 6.18 Å². The lowest BCUT2D eigenvalue weighted by atomic mass is 9.94. The van der Waals surface area contributed by atoms with E-state index in [0.717, 1.165) is 18.9 Å². The monoisotopic (exact) mass is 298 g/mol. The predicted octanol–water partition coefficient (Wildman–Crippen LogP) is 2.34. The van der Waals surface area contributed by atoms with E-state index < -0.39 is 17.3 Å². The summed E-state index contributed by atoms with van der Waals surface area (Å²) in [5.74, 6) is -0.194. The third kappa shape index (κ3) is 2.77. The summed E-state index contributed by atoms with van der Waals surface area (Å²) < 4.78 is 38.3. The standard InChI is InChI=1S/C15H17F3N2O/c16-15(17,18)11-3-1-2-10(8-11)13(4-5-13)9-20-12(21)14(19)6-7-14/h1-3,8H,4-7,9,19H2,(H,20,21). The molecule has 1 aromatic rings. The summed E-state index contributed by atoms with van der Waals surface area (Å²) in [6, 6.07) is 5.38. The second-order valence-corrected chi connectivity index (χ2v) is 6.20. The zero-order valence-electron chi connectivity index (χ0n) is 11.5. The van der Waals surface area contributed by atoms with Gasteiger partial charge in [-0.2, -0.15) is 13.2 Å². The topological polar surface area (TPSA) is 55.1 Å². The van der Waals surface area contributed by atoms with E-state index in [-0.39, 0.29) is 11.3 Å². The van der Waals surface area contributed by atoms with Crippen LogP contribution >= 0.6 is 0 Å². The van der Waals surface area contributed by atoms with Gasteiger partial charge in [-0.3, -0.25) is 4.79 Å². The van der Waals surface area contributed by atoms with Crippen molar-refractivity contribution in [1.29, 1.82) is 0 Å². The fourth-order valence-corrected chi connectivity index (χ4v) is 2.53. The molecule has 2 fully saturated rings. The molecule has 0 unspecified atom stereocenters. The third-order valence-electron chi connectivity index (χ3n) is 4.48. The Morgan fingerprint density at radius 1 is 1.24 bits per heavy atom. The van der Waals surface area contributed by atoms with E-state index in [4.69, 9.17) is 5.73 Å². The van der Waals surface area contributed by atoms with Gasteiger partial charge in [0.05, 0.1) is 11.1 Å². The molecule has 21 heavy (non-hydrogen) atoms. The van der Waals surface area contributed by atoms with E-state index in [0.29, 0.717) is 24.9 Å². The van der Waals surface area contributed by atoms with Crippen LogP contribution in [0.3, 0.4) is 0 Å². The first-order valence-electron chi connectivity index (χ1n) is 7.00. The van der Waals surface area contributed by atoms with Crippen molar-refractivity contribution in [3.05, 3.63) is 35.4 Å². The Morgan fingerprint density at radius 3 is 2.43 bits per heavy atom. The number of benzene rings is 1. The number of halogens is 3. The first-order chi connectivity index (χ1) is 9.75. The third-order valence-corrected chi connectivity index (χ3v) is 4.48. The lowest BCUT2D eigenvalue weighted by molar-refractivity contribution is -0.137. The van der Waals surface area contributed by atoms with Gasteiger partial charge in [0.25, 0.3) is 0 Å². The molecular formula is C15H17F3N2O. The SMILES string of the molecule is NC1(C(=O)NCC2(c3cccc(C(F)(F)F)c3)CC2)CC1. The van der Waals surface area contributed by atoms with E-state index in [2.05, 4.69) is 5.32 Å². The maximum Gasteiger partial charge on any atom is 0.416 e. The van der Waals surface area contributed by atoms with Gasteiger partial charge in [0.1, 0.15) is 0 Å². The highest BCUT2D eigenvalue weighted by Crippen LogP contribution is 2.48. The molecule has 3 nitrogen and oxygen atoms in total. The molecule has 0 aliphatic heterocycles. The molecule has 114 valence electrons. The summed E-state index contributed by atoms with van der Waals surface area (Å²) in [5, 5.41) is 2.80. The predicted molar refractivity (Wildman–Crippen MR) is 71.5 cm³/mol. The van der Waals surface area contributed by atoms with E-state index >= 15 is 0 Å². The minimum absolute atomic E-state index is 0.194. The van der Waals surface area contributed by atoms with Gasteiger partial charge in [0.15, 0.2) is 0 Å². The molecule has 0 bridgehead atoms. The van der Waals surface area contributed by atoms with Crippen LogP contribution in [-0.4, -0.2) is 18.0 Å². The Kier molecular flexibility index (Phi) is 3.06. The van der Waals surface area contributed by atoms with Crippen LogP contribution in [-0.2, 0) is 16.4 Å². The highest BCUT2D eigenvalue weighted by molar-refractivity contribution is 5.89. The molecule has 0 saturated heterocycles. The minimum atomic E-state index is -4.34. The second-order valence-electron chi connectivity index (χ2n) is 6.20. The van der Waals surface area contributed by atoms with Crippen LogP contribution in [0.4, 0.5) is 13.2 Å². The van der Waals surface area contributed by atoms with Crippen LogP contribution in [0.5, 0.6) is 0 Å². The van der Waals surface area contributed by atoms with Crippen molar-refractivity contribution in [3.63, 3.8) is 0 Å². The molecule has 2 aliphatic carbocycles. The molecule has 3 N–H and O–H groups in total. The van der Waals surface area contributed by atoms with Crippen LogP contribution in [0.15, 0.2) is 24.3 Å². The van der Waals surface area contributed by atoms with Crippen molar-refractivity contribution in [2.75, 3.05) is 6.54 Å². The fraction of sp³-hybridized carbons (Fsp3) is 0.533. The maximum atomic E-state index is 12.8. The van der Waals surface area contributed by atoms with Gasteiger partial charge in [0.2, 0.25) is 5.91 Å². The number of alkyl halides is 3. The Hall–Kier alpha value is -1.56. The Morgan fingerprint density at radius 2 is 1.90 bits per heavy atom. The largest absolute Gasteiger partial charge is 0.416 e. The molecule has 0 radical (unpaired) electrons. The van der Waals surface area contributed by atoms with Gasteiger partial charge < -0.3 is 11.1 Å². The highest BCUT2D eigenvalue weighted by atomic mass is 19.4. The van der Waals surface area contributed by atoms with Gasteiger partial charge in [0, 0.05) is 12.0 Å². The summed E-state index contributed by atoms with van der Waals surface area (Å²) in [6.45, 7) is 0.353. The molecule has 1 amide bonds. The van der Waals surface area contributed by atoms with Crippen molar-refractivity contribution in [3.8, 4) is 0 Å². The van der Waals surface area contributed by atoms with Crippen molar-refractivity contribution in [2.24, 2.45) is 5.73 Å². The normalized spacial score (nSPS) is 21.7. The molecule has 2 aliphatic rings. The lowest BCUT2D eigenvalue weighted by Crippen LogP contribution is -2.45. The molecule has 0 atom stereocenters. The van der Waals surface area contributed by atoms with Crippen molar-refractivity contribution < 1.29 is 18.0 Å². The number of amides is 1. The summed E-state index contributed by atoms with van der Waals surface area (Å²) in [4.78, 5) is 11.8. The first-order valence-corrected chi connectivity index (χ1v) is 7.00. The highest BCUT2D eigenvalue weighted by Gasteiger charge is 2.49. The average molecular weight is 298 g/mol. The summed E-state index contributed by atoms with van der Waals surface area (Å²) in [5.41, 5.74) is 4.69. The summed E-state index contributed by atoms with van der Waals surface area (Å²) in [6.07, 6.45) is -1.42. The van der Waals surface area contributed by atoms with Crippen LogP contribution < -0.4 is 11.1 Å². The zero-order valence-corrected chi connectivity index (χ0v) is 11.5. The number of carbonyl (C=O) groups is 1. The number of hydrogen-bond donors (Lipinski definition) is 2. The zero-order chi connectivity index (χ0) is 15.3. The molecule has 0 heterocycles. The van der Waals surface area contributed by atoms with Crippen LogP contribution in [0.1, 0.15) is 36.8 Å². The molecule has 6 heteroatoms. The second kappa shape index (κ2) is 4.47. The molecule has 0 aromatic heterocycles. The minimum Gasteiger partial charge on any atom is -0.354 e. The number of hydrogen-bond acceptors (Lipinski definition) is 2. The molecule has 3 rings (SSSR count). The van der Waals surface area contributed by atoms with Crippen molar-refractivity contribution in [2.45, 2.75) is 42.8 Å². The number of nitrogens with one attached hydrogen (secondary N) is 1. The van der Waals surface area contributed by atoms with E-state index in [9.17, 15) is 18.0 Å². The molecular weight excluding hydrogens is 281 g/mol. The van der Waals surface area contributed by atoms with E-state index in [1.54, 1.807) is 6.07 Å². The average Bonchev–Trinajstić information content (AvgIpc) is 3.33. The Balaban J connectivity index is 1.72. The van der Waals surface area contributed by atoms with E-state index in [1.807, 2.05) is 0 Å². The van der Waals surface area contributed by atoms with E-state index in [1.165, 1.54) is 12.1 Å². The Labute approximate surface area is 120 Å².